The Morgan fingerprint density at radius 3 is 2.27 bits per heavy atom. The molecule has 0 radical (unpaired) electrons. The van der Waals surface area contributed by atoms with Gasteiger partial charge in [0.25, 0.3) is 0 Å². The number of hydrogen-bond acceptors (Lipinski definition) is 6. The Balaban J connectivity index is 1.31. The van der Waals surface area contributed by atoms with Gasteiger partial charge >= 0.3 is 0 Å². The van der Waals surface area contributed by atoms with E-state index in [4.69, 9.17) is 0 Å². The molecule has 1 aliphatic heterocycles. The molecule has 1 N–H and O–H groups in total. The lowest BCUT2D eigenvalue weighted by molar-refractivity contribution is -0.120. The van der Waals surface area contributed by atoms with Crippen LogP contribution in [0.2, 0.25) is 0 Å². The Hall–Kier alpha value is -3.48. The summed E-state index contributed by atoms with van der Waals surface area (Å²) in [6, 6.07) is 15.7. The second-order valence-corrected chi connectivity index (χ2v) is 7.70. The minimum absolute atomic E-state index is 0.0128. The number of amides is 1. The lowest BCUT2D eigenvalue weighted by atomic mass is 9.95. The van der Waals surface area contributed by atoms with Crippen LogP contribution in [0.1, 0.15) is 12.8 Å². The van der Waals surface area contributed by atoms with Crippen LogP contribution in [-0.2, 0) is 4.79 Å². The van der Waals surface area contributed by atoms with Crippen LogP contribution in [0.3, 0.4) is 0 Å². The molecule has 0 aliphatic carbocycles. The highest BCUT2D eigenvalue weighted by Gasteiger charge is 2.26. The fraction of sp³-hybridized carbons (Fsp3) is 0.304. The van der Waals surface area contributed by atoms with Crippen molar-refractivity contribution in [3.8, 4) is 11.3 Å². The molecule has 2 aromatic heterocycles. The van der Waals surface area contributed by atoms with Crippen molar-refractivity contribution in [1.82, 2.24) is 15.2 Å². The molecule has 1 fully saturated rings. The predicted octanol–water partition coefficient (Wildman–Crippen LogP) is 3.46. The van der Waals surface area contributed by atoms with Gasteiger partial charge < -0.3 is 15.1 Å². The highest BCUT2D eigenvalue weighted by atomic mass is 16.1. The van der Waals surface area contributed by atoms with Gasteiger partial charge in [0.05, 0.1) is 5.69 Å². The van der Waals surface area contributed by atoms with Gasteiger partial charge in [0.15, 0.2) is 5.82 Å². The molecule has 7 nitrogen and oxygen atoms in total. The first-order valence-corrected chi connectivity index (χ1v) is 10.2. The zero-order valence-corrected chi connectivity index (χ0v) is 17.3. The van der Waals surface area contributed by atoms with Crippen molar-refractivity contribution < 1.29 is 4.79 Å². The maximum absolute atomic E-state index is 12.7. The third kappa shape index (κ3) is 4.56. The van der Waals surface area contributed by atoms with Crippen LogP contribution in [0, 0.1) is 5.92 Å². The van der Waals surface area contributed by atoms with Gasteiger partial charge in [-0.2, -0.15) is 0 Å². The van der Waals surface area contributed by atoms with Crippen LogP contribution < -0.4 is 15.1 Å². The first-order valence-electron chi connectivity index (χ1n) is 10.2. The van der Waals surface area contributed by atoms with Crippen LogP contribution >= 0.6 is 0 Å². The second-order valence-electron chi connectivity index (χ2n) is 7.70. The Kier molecular flexibility index (Phi) is 5.88. The molecule has 1 aliphatic rings. The molecule has 3 heterocycles. The van der Waals surface area contributed by atoms with E-state index in [1.807, 2.05) is 67.5 Å². The van der Waals surface area contributed by atoms with Gasteiger partial charge in [-0.25, -0.2) is 0 Å². The van der Waals surface area contributed by atoms with Crippen molar-refractivity contribution in [3.63, 3.8) is 0 Å². The molecule has 0 unspecified atom stereocenters. The van der Waals surface area contributed by atoms with Crippen LogP contribution in [0.15, 0.2) is 60.9 Å². The van der Waals surface area contributed by atoms with E-state index in [0.29, 0.717) is 0 Å². The van der Waals surface area contributed by atoms with E-state index < -0.39 is 0 Å². The minimum atomic E-state index is 0.0128. The molecule has 0 atom stereocenters. The SMILES string of the molecule is CN(C)c1ccc(NC(=O)C2CCN(c3ccc(-c4ccncc4)nn3)CC2)cc1. The molecule has 1 amide bonds. The summed E-state index contributed by atoms with van der Waals surface area (Å²) in [6.45, 7) is 1.59. The number of anilines is 3. The van der Waals surface area contributed by atoms with Gasteiger partial charge in [0.2, 0.25) is 5.91 Å². The number of nitrogens with one attached hydrogen (secondary N) is 1. The van der Waals surface area contributed by atoms with Crippen molar-refractivity contribution >= 4 is 23.1 Å². The molecule has 3 aromatic rings. The summed E-state index contributed by atoms with van der Waals surface area (Å²) in [5.74, 6) is 0.955. The highest BCUT2D eigenvalue weighted by molar-refractivity contribution is 5.92. The fourth-order valence-electron chi connectivity index (χ4n) is 3.63. The summed E-state index contributed by atoms with van der Waals surface area (Å²) < 4.78 is 0. The first-order chi connectivity index (χ1) is 14.6. The Bertz CT molecular complexity index is 965. The highest BCUT2D eigenvalue weighted by Crippen LogP contribution is 2.25. The third-order valence-corrected chi connectivity index (χ3v) is 5.47. The molecule has 154 valence electrons. The number of carbonyl (C=O) groups excluding carboxylic acids is 1. The molecule has 1 aromatic carbocycles. The molecular weight excluding hydrogens is 376 g/mol. The van der Waals surface area contributed by atoms with Crippen LogP contribution in [0.4, 0.5) is 17.2 Å². The van der Waals surface area contributed by atoms with Crippen molar-refractivity contribution in [2.45, 2.75) is 12.8 Å². The summed E-state index contributed by atoms with van der Waals surface area (Å²) in [4.78, 5) is 20.9. The number of pyridine rings is 1. The molecule has 7 heteroatoms. The Morgan fingerprint density at radius 2 is 1.67 bits per heavy atom. The first kappa shape index (κ1) is 19.8. The van der Waals surface area contributed by atoms with Crippen LogP contribution in [0.5, 0.6) is 0 Å². The van der Waals surface area contributed by atoms with E-state index in [2.05, 4.69) is 25.4 Å². The van der Waals surface area contributed by atoms with Gasteiger partial charge in [0.1, 0.15) is 0 Å². The average molecular weight is 403 g/mol. The van der Waals surface area contributed by atoms with Crippen molar-refractivity contribution in [1.29, 1.82) is 0 Å². The monoisotopic (exact) mass is 402 g/mol. The van der Waals surface area contributed by atoms with E-state index in [9.17, 15) is 4.79 Å². The topological polar surface area (TPSA) is 74.2 Å². The predicted molar refractivity (Wildman–Crippen MR) is 120 cm³/mol. The number of aromatic nitrogens is 3. The summed E-state index contributed by atoms with van der Waals surface area (Å²) in [5.41, 5.74) is 3.77. The molecule has 30 heavy (non-hydrogen) atoms. The van der Waals surface area contributed by atoms with E-state index in [1.165, 1.54) is 0 Å². The second kappa shape index (κ2) is 8.90. The number of nitrogens with zero attached hydrogens (tertiary/aromatic N) is 5. The quantitative estimate of drug-likeness (QED) is 0.705. The van der Waals surface area contributed by atoms with E-state index in [-0.39, 0.29) is 11.8 Å². The number of piperidine rings is 1. The molecule has 0 saturated carbocycles. The standard InChI is InChI=1S/C23H26N6O/c1-28(2)20-5-3-19(4-6-20)25-23(30)18-11-15-29(16-12-18)22-8-7-21(26-27-22)17-9-13-24-14-10-17/h3-10,13-14,18H,11-12,15-16H2,1-2H3,(H,25,30). The van der Waals surface area contributed by atoms with Gasteiger partial charge in [-0.15, -0.1) is 10.2 Å². The van der Waals surface area contributed by atoms with Crippen LogP contribution in [0.25, 0.3) is 11.3 Å². The number of rotatable bonds is 5. The lowest BCUT2D eigenvalue weighted by Gasteiger charge is -2.31. The summed E-state index contributed by atoms with van der Waals surface area (Å²) >= 11 is 0. The van der Waals surface area contributed by atoms with Crippen molar-refractivity contribution in [2.75, 3.05) is 42.3 Å². The fourth-order valence-corrected chi connectivity index (χ4v) is 3.63. The maximum Gasteiger partial charge on any atom is 0.227 e. The third-order valence-electron chi connectivity index (χ3n) is 5.47. The zero-order chi connectivity index (χ0) is 20.9. The van der Waals surface area contributed by atoms with Gasteiger partial charge in [-0.1, -0.05) is 0 Å². The number of carbonyl (C=O) groups is 1. The minimum Gasteiger partial charge on any atom is -0.378 e. The van der Waals surface area contributed by atoms with Gasteiger partial charge in [-0.05, 0) is 61.4 Å². The van der Waals surface area contributed by atoms with Crippen molar-refractivity contribution in [2.24, 2.45) is 5.92 Å². The van der Waals surface area contributed by atoms with E-state index >= 15 is 0 Å². The molecule has 4 rings (SSSR count). The summed E-state index contributed by atoms with van der Waals surface area (Å²) in [5, 5.41) is 11.8. The summed E-state index contributed by atoms with van der Waals surface area (Å²) in [6.07, 6.45) is 5.10. The summed E-state index contributed by atoms with van der Waals surface area (Å²) in [7, 11) is 4.00. The Morgan fingerprint density at radius 1 is 0.967 bits per heavy atom. The average Bonchev–Trinajstić information content (AvgIpc) is 2.80. The maximum atomic E-state index is 12.7. The van der Waals surface area contributed by atoms with Crippen LogP contribution in [-0.4, -0.2) is 48.3 Å². The lowest BCUT2D eigenvalue weighted by Crippen LogP contribution is -2.38. The van der Waals surface area contributed by atoms with E-state index in [1.54, 1.807) is 12.4 Å². The van der Waals surface area contributed by atoms with Crippen molar-refractivity contribution in [3.05, 3.63) is 60.9 Å². The molecule has 1 saturated heterocycles. The molecular formula is C23H26N6O. The van der Waals surface area contributed by atoms with E-state index in [0.717, 1.165) is 54.4 Å². The number of hydrogen-bond donors (Lipinski definition) is 1. The zero-order valence-electron chi connectivity index (χ0n) is 17.3. The normalized spacial score (nSPS) is 14.4. The smallest absolute Gasteiger partial charge is 0.227 e. The molecule has 0 bridgehead atoms. The van der Waals surface area contributed by atoms with Gasteiger partial charge in [0, 0.05) is 62.4 Å². The largest absolute Gasteiger partial charge is 0.378 e. The molecule has 0 spiro atoms. The number of benzene rings is 1. The van der Waals surface area contributed by atoms with Gasteiger partial charge in [-0.3, -0.25) is 9.78 Å². The Labute approximate surface area is 176 Å².